The van der Waals surface area contributed by atoms with Crippen LogP contribution in [0.4, 0.5) is 18.9 Å². The van der Waals surface area contributed by atoms with E-state index >= 15 is 0 Å². The number of thioether (sulfide) groups is 1. The van der Waals surface area contributed by atoms with E-state index in [0.717, 1.165) is 35.2 Å². The van der Waals surface area contributed by atoms with Crippen LogP contribution in [0.5, 0.6) is 5.88 Å². The van der Waals surface area contributed by atoms with Gasteiger partial charge in [0, 0.05) is 29.4 Å². The fraction of sp³-hybridized carbons (Fsp3) is 0.269. The Bertz CT molecular complexity index is 1640. The van der Waals surface area contributed by atoms with Crippen LogP contribution in [0.15, 0.2) is 47.6 Å². The molecule has 6 rings (SSSR count). The Hall–Kier alpha value is -4.13. The van der Waals surface area contributed by atoms with Crippen LogP contribution in [0.1, 0.15) is 33.6 Å². The maximum atomic E-state index is 13.8. The number of hydrogen-bond donors (Lipinski definition) is 2. The van der Waals surface area contributed by atoms with Gasteiger partial charge in [0.1, 0.15) is 5.52 Å². The van der Waals surface area contributed by atoms with Crippen molar-refractivity contribution in [3.63, 3.8) is 0 Å². The summed E-state index contributed by atoms with van der Waals surface area (Å²) in [6.07, 6.45) is 0.228. The molecule has 1 atom stereocenters. The summed E-state index contributed by atoms with van der Waals surface area (Å²) in [5, 5.41) is 10.0. The molecule has 4 aromatic rings. The number of benzene rings is 1. The van der Waals surface area contributed by atoms with Gasteiger partial charge < -0.3 is 15.4 Å². The summed E-state index contributed by atoms with van der Waals surface area (Å²) in [4.78, 5) is 34.0. The molecule has 39 heavy (non-hydrogen) atoms. The lowest BCUT2D eigenvalue weighted by Gasteiger charge is -2.24. The van der Waals surface area contributed by atoms with E-state index in [-0.39, 0.29) is 22.2 Å². The number of aromatic nitrogens is 4. The summed E-state index contributed by atoms with van der Waals surface area (Å²) in [5.41, 5.74) is 2.37. The van der Waals surface area contributed by atoms with Crippen LogP contribution in [0.25, 0.3) is 16.7 Å². The molecule has 200 valence electrons. The van der Waals surface area contributed by atoms with E-state index in [1.807, 2.05) is 6.20 Å². The maximum Gasteiger partial charge on any atom is 0.417 e. The van der Waals surface area contributed by atoms with Crippen LogP contribution in [0.2, 0.25) is 0 Å². The number of rotatable bonds is 4. The zero-order valence-electron chi connectivity index (χ0n) is 20.5. The molecule has 2 aliphatic rings. The highest BCUT2D eigenvalue weighted by Gasteiger charge is 2.38. The van der Waals surface area contributed by atoms with Gasteiger partial charge in [-0.05, 0) is 49.1 Å². The van der Waals surface area contributed by atoms with Gasteiger partial charge in [-0.2, -0.15) is 18.3 Å². The Morgan fingerprint density at radius 3 is 2.90 bits per heavy atom. The number of hydrogen-bond acceptors (Lipinski definition) is 7. The molecular formula is C26H21F3N6O3S. The molecule has 13 heteroatoms. The van der Waals surface area contributed by atoms with Crippen LogP contribution < -0.4 is 15.4 Å². The van der Waals surface area contributed by atoms with Crippen molar-refractivity contribution in [3.05, 3.63) is 65.1 Å². The number of anilines is 1. The minimum absolute atomic E-state index is 0.0207. The van der Waals surface area contributed by atoms with Gasteiger partial charge in [-0.1, -0.05) is 0 Å². The first-order chi connectivity index (χ1) is 18.7. The van der Waals surface area contributed by atoms with Crippen molar-refractivity contribution in [3.8, 4) is 11.6 Å². The highest BCUT2D eigenvalue weighted by Crippen LogP contribution is 2.40. The quantitative estimate of drug-likeness (QED) is 0.390. The smallest absolute Gasteiger partial charge is 0.417 e. The summed E-state index contributed by atoms with van der Waals surface area (Å²) in [6.45, 7) is 0. The van der Waals surface area contributed by atoms with Gasteiger partial charge in [0.25, 0.3) is 5.91 Å². The monoisotopic (exact) mass is 554 g/mol. The Morgan fingerprint density at radius 1 is 1.26 bits per heavy atom. The normalized spacial score (nSPS) is 16.8. The molecule has 2 N–H and O–H groups in total. The molecule has 4 heterocycles. The number of amides is 2. The van der Waals surface area contributed by atoms with Crippen LogP contribution >= 0.6 is 11.8 Å². The predicted octanol–water partition coefficient (Wildman–Crippen LogP) is 4.17. The number of nitrogens with zero attached hydrogens (tertiary/aromatic N) is 4. The van der Waals surface area contributed by atoms with Crippen molar-refractivity contribution in [2.75, 3.05) is 18.2 Å². The number of halogens is 3. The summed E-state index contributed by atoms with van der Waals surface area (Å²) in [6, 6.07) is 6.97. The number of aryl methyl sites for hydroxylation is 1. The van der Waals surface area contributed by atoms with E-state index in [0.29, 0.717) is 41.9 Å². The second-order valence-electron chi connectivity index (χ2n) is 9.24. The average Bonchev–Trinajstić information content (AvgIpc) is 3.34. The first-order valence-corrected chi connectivity index (χ1v) is 13.0. The second-order valence-corrected chi connectivity index (χ2v) is 10.3. The third kappa shape index (κ3) is 4.78. The zero-order chi connectivity index (χ0) is 27.3. The molecule has 9 nitrogen and oxygen atoms in total. The first-order valence-electron chi connectivity index (χ1n) is 12.1. The average molecular weight is 555 g/mol. The molecule has 1 aliphatic carbocycles. The van der Waals surface area contributed by atoms with Crippen molar-refractivity contribution in [1.82, 2.24) is 25.1 Å². The van der Waals surface area contributed by atoms with Gasteiger partial charge in [-0.25, -0.2) is 9.67 Å². The molecule has 0 fully saturated rings. The highest BCUT2D eigenvalue weighted by molar-refractivity contribution is 8.00. The third-order valence-electron chi connectivity index (χ3n) is 6.70. The largest absolute Gasteiger partial charge is 0.481 e. The van der Waals surface area contributed by atoms with Crippen LogP contribution in [-0.4, -0.2) is 50.5 Å². The van der Waals surface area contributed by atoms with Gasteiger partial charge in [0.05, 0.1) is 46.6 Å². The highest BCUT2D eigenvalue weighted by atomic mass is 32.2. The Balaban J connectivity index is 1.26. The number of nitrogens with one attached hydrogen (secondary N) is 2. The summed E-state index contributed by atoms with van der Waals surface area (Å²) in [7, 11) is 1.53. The number of carbonyl (C=O) groups is 2. The SMILES string of the molecule is COc1ccc2nccc(-n3cc4c(n3)CCC(NC(=O)c3cc5c(cc3C(F)(F)F)SCC(=O)N5)C4)c2n1. The Kier molecular flexibility index (Phi) is 6.17. The Morgan fingerprint density at radius 2 is 2.10 bits per heavy atom. The molecule has 2 amide bonds. The zero-order valence-corrected chi connectivity index (χ0v) is 21.3. The van der Waals surface area contributed by atoms with Crippen LogP contribution in [0, 0.1) is 0 Å². The van der Waals surface area contributed by atoms with Crippen molar-refractivity contribution in [2.45, 2.75) is 36.4 Å². The summed E-state index contributed by atoms with van der Waals surface area (Å²) >= 11 is 1.01. The van der Waals surface area contributed by atoms with Crippen molar-refractivity contribution in [1.29, 1.82) is 0 Å². The van der Waals surface area contributed by atoms with Crippen molar-refractivity contribution < 1.29 is 27.5 Å². The lowest BCUT2D eigenvalue weighted by molar-refractivity contribution is -0.138. The third-order valence-corrected chi connectivity index (χ3v) is 7.76. The van der Waals surface area contributed by atoms with E-state index in [4.69, 9.17) is 9.84 Å². The summed E-state index contributed by atoms with van der Waals surface area (Å²) < 4.78 is 48.5. The second kappa shape index (κ2) is 9.56. The molecule has 1 aromatic carbocycles. The predicted molar refractivity (Wildman–Crippen MR) is 137 cm³/mol. The number of fused-ring (bicyclic) bond motifs is 3. The topological polar surface area (TPSA) is 111 Å². The van der Waals surface area contributed by atoms with E-state index in [9.17, 15) is 22.8 Å². The fourth-order valence-corrected chi connectivity index (χ4v) is 5.68. The number of alkyl halides is 3. The minimum Gasteiger partial charge on any atom is -0.481 e. The molecule has 0 saturated heterocycles. The molecule has 0 saturated carbocycles. The van der Waals surface area contributed by atoms with E-state index < -0.39 is 29.3 Å². The molecule has 1 unspecified atom stereocenters. The lowest BCUT2D eigenvalue weighted by Crippen LogP contribution is -2.39. The standard InChI is InChI=1S/C26H21F3N6O3S/c1-38-23-5-4-18-24(33-23)20(6-7-30-18)35-11-13-8-14(2-3-17(13)34-35)31-25(37)15-9-19-21(39-12-22(36)32-19)10-16(15)26(27,28)29/h4-7,9-11,14H,2-3,8,12H2,1H3,(H,31,37)(H,32,36). The van der Waals surface area contributed by atoms with Crippen molar-refractivity contribution in [2.24, 2.45) is 0 Å². The lowest BCUT2D eigenvalue weighted by atomic mass is 9.93. The van der Waals surface area contributed by atoms with E-state index in [2.05, 4.69) is 20.6 Å². The Labute approximate surface area is 224 Å². The van der Waals surface area contributed by atoms with E-state index in [1.54, 1.807) is 29.1 Å². The van der Waals surface area contributed by atoms with Gasteiger partial charge in [0.2, 0.25) is 11.8 Å². The van der Waals surface area contributed by atoms with Gasteiger partial charge in [0.15, 0.2) is 0 Å². The molecule has 1 aliphatic heterocycles. The van der Waals surface area contributed by atoms with Crippen molar-refractivity contribution >= 4 is 40.3 Å². The summed E-state index contributed by atoms with van der Waals surface area (Å²) in [5.74, 6) is -0.708. The van der Waals surface area contributed by atoms with Gasteiger partial charge in [-0.3, -0.25) is 14.6 Å². The number of carbonyl (C=O) groups excluding carboxylic acids is 2. The van der Waals surface area contributed by atoms with Crippen LogP contribution in [-0.2, 0) is 23.8 Å². The molecular weight excluding hydrogens is 533 g/mol. The fourth-order valence-electron chi connectivity index (χ4n) is 4.86. The maximum absolute atomic E-state index is 13.8. The number of methoxy groups -OCH3 is 1. The molecule has 0 spiro atoms. The van der Waals surface area contributed by atoms with Gasteiger partial charge in [-0.15, -0.1) is 11.8 Å². The minimum atomic E-state index is -4.73. The van der Waals surface area contributed by atoms with E-state index in [1.165, 1.54) is 7.11 Å². The first kappa shape index (κ1) is 25.2. The number of ether oxygens (including phenoxy) is 1. The van der Waals surface area contributed by atoms with Gasteiger partial charge >= 0.3 is 6.18 Å². The molecule has 0 bridgehead atoms. The number of pyridine rings is 2. The van der Waals surface area contributed by atoms with Crippen LogP contribution in [0.3, 0.4) is 0 Å². The molecule has 0 radical (unpaired) electrons. The molecule has 3 aromatic heterocycles.